The molecule has 4 heterocycles. The van der Waals surface area contributed by atoms with Crippen molar-refractivity contribution >= 4 is 40.3 Å². The summed E-state index contributed by atoms with van der Waals surface area (Å²) in [5, 5.41) is 12.5. The van der Waals surface area contributed by atoms with E-state index in [9.17, 15) is 4.79 Å². The molecule has 1 atom stereocenters. The average molecular weight is 603 g/mol. The summed E-state index contributed by atoms with van der Waals surface area (Å²) in [4.78, 5) is 32.4. The molecule has 1 aliphatic heterocycles. The molecule has 226 valence electrons. The fourth-order valence-corrected chi connectivity index (χ4v) is 5.64. The number of rotatable bonds is 7. The van der Waals surface area contributed by atoms with Gasteiger partial charge in [0.25, 0.3) is 0 Å². The maximum Gasteiger partial charge on any atom is 0.315 e. The molecule has 1 amide bonds. The zero-order valence-corrected chi connectivity index (χ0v) is 26.1. The van der Waals surface area contributed by atoms with Gasteiger partial charge in [0.1, 0.15) is 12.0 Å². The predicted molar refractivity (Wildman–Crippen MR) is 171 cm³/mol. The molecule has 3 aromatic heterocycles. The molecule has 5 aromatic rings. The van der Waals surface area contributed by atoms with Gasteiger partial charge < -0.3 is 25.0 Å². The smallest absolute Gasteiger partial charge is 0.315 e. The Morgan fingerprint density at radius 1 is 1.12 bits per heavy atom. The lowest BCUT2D eigenvalue weighted by molar-refractivity contribution is 0.0895. The van der Waals surface area contributed by atoms with Crippen LogP contribution in [0.1, 0.15) is 66.9 Å². The molecule has 6 rings (SSSR count). The number of halogens is 1. The van der Waals surface area contributed by atoms with Crippen LogP contribution in [0.15, 0.2) is 47.2 Å². The van der Waals surface area contributed by atoms with Crippen molar-refractivity contribution in [3.05, 3.63) is 71.1 Å². The normalized spacial score (nSPS) is 15.0. The van der Waals surface area contributed by atoms with Crippen molar-refractivity contribution in [2.45, 2.75) is 52.5 Å². The van der Waals surface area contributed by atoms with Crippen molar-refractivity contribution in [2.24, 2.45) is 0 Å². The largest absolute Gasteiger partial charge is 0.341 e. The van der Waals surface area contributed by atoms with Crippen LogP contribution in [0.5, 0.6) is 0 Å². The number of aromatic nitrogens is 5. The number of nitrogens with zero attached hydrogens (tertiary/aromatic N) is 5. The van der Waals surface area contributed by atoms with Crippen LogP contribution in [-0.2, 0) is 11.8 Å². The Labute approximate surface area is 257 Å². The number of aryl methyl sites for hydroxylation is 1. The van der Waals surface area contributed by atoms with E-state index in [1.165, 1.54) is 5.56 Å². The summed E-state index contributed by atoms with van der Waals surface area (Å²) in [5.41, 5.74) is 6.84. The molecule has 1 aliphatic rings. The number of H-pyrrole nitrogens is 1. The van der Waals surface area contributed by atoms with Crippen LogP contribution in [0, 0.1) is 6.92 Å². The molecule has 2 aromatic carbocycles. The van der Waals surface area contributed by atoms with Crippen molar-refractivity contribution in [3.63, 3.8) is 0 Å². The van der Waals surface area contributed by atoms with Crippen LogP contribution in [0.4, 0.5) is 0 Å². The van der Waals surface area contributed by atoms with E-state index in [1.807, 2.05) is 40.7 Å². The third kappa shape index (κ3) is 6.41. The van der Waals surface area contributed by atoms with E-state index in [4.69, 9.17) is 9.51 Å². The second-order valence-electron chi connectivity index (χ2n) is 12.2. The minimum Gasteiger partial charge on any atom is -0.341 e. The Balaban J connectivity index is 0.00000368. The zero-order chi connectivity index (χ0) is 29.4. The second-order valence-corrected chi connectivity index (χ2v) is 12.2. The summed E-state index contributed by atoms with van der Waals surface area (Å²) in [5.74, 6) is 0.0778. The standard InChI is InChI=1S/C32H38N8O2.ClH/c1-19-16-22(7-9-23(19)20(2)36-29(41)30-38-31(39-42-30)32(3,4)5)27-26-24-8-6-21(10-13-40-14-11-33-12-15-40)17-25(24)37-28(26)35-18-34-27;/h6-9,16-18,20,33H,10-15H2,1-5H3,(H,36,41)(H,34,35,37);1H/t20-;/m1./s1. The lowest BCUT2D eigenvalue weighted by Crippen LogP contribution is -2.44. The molecule has 0 unspecified atom stereocenters. The molecule has 43 heavy (non-hydrogen) atoms. The number of hydrogen-bond donors (Lipinski definition) is 3. The van der Waals surface area contributed by atoms with Crippen LogP contribution < -0.4 is 10.6 Å². The van der Waals surface area contributed by atoms with Crippen molar-refractivity contribution in [2.75, 3.05) is 32.7 Å². The molecule has 0 saturated carbocycles. The molecule has 3 N–H and O–H groups in total. The van der Waals surface area contributed by atoms with Gasteiger partial charge >= 0.3 is 11.8 Å². The Kier molecular flexibility index (Phi) is 8.82. The van der Waals surface area contributed by atoms with Gasteiger partial charge in [0.15, 0.2) is 5.82 Å². The number of fused-ring (bicyclic) bond motifs is 3. The number of benzene rings is 2. The fourth-order valence-electron chi connectivity index (χ4n) is 5.64. The summed E-state index contributed by atoms with van der Waals surface area (Å²) in [6, 6.07) is 12.6. The molecule has 1 saturated heterocycles. The highest BCUT2D eigenvalue weighted by Crippen LogP contribution is 2.34. The van der Waals surface area contributed by atoms with E-state index in [0.29, 0.717) is 5.82 Å². The van der Waals surface area contributed by atoms with Gasteiger partial charge in [-0.1, -0.05) is 50.2 Å². The second kappa shape index (κ2) is 12.4. The van der Waals surface area contributed by atoms with Crippen molar-refractivity contribution in [3.8, 4) is 11.3 Å². The van der Waals surface area contributed by atoms with Gasteiger partial charge in [0.05, 0.1) is 17.1 Å². The predicted octanol–water partition coefficient (Wildman–Crippen LogP) is 5.13. The summed E-state index contributed by atoms with van der Waals surface area (Å²) in [6.45, 7) is 15.3. The first-order valence-electron chi connectivity index (χ1n) is 14.6. The summed E-state index contributed by atoms with van der Waals surface area (Å²) in [6.07, 6.45) is 2.63. The lowest BCUT2D eigenvalue weighted by Gasteiger charge is -2.27. The van der Waals surface area contributed by atoms with E-state index in [2.05, 4.69) is 66.0 Å². The third-order valence-electron chi connectivity index (χ3n) is 8.03. The maximum absolute atomic E-state index is 12.8. The van der Waals surface area contributed by atoms with Gasteiger partial charge in [-0.15, -0.1) is 12.4 Å². The molecule has 0 spiro atoms. The monoisotopic (exact) mass is 602 g/mol. The van der Waals surface area contributed by atoms with Crippen molar-refractivity contribution in [1.29, 1.82) is 0 Å². The SMILES string of the molecule is Cc1cc(-c2ncnc3[nH]c4cc(CCN5CCNCC5)ccc4c23)ccc1[C@@H](C)NC(=O)c1nc(C(C)(C)C)no1.Cl. The number of hydrogen-bond acceptors (Lipinski definition) is 8. The van der Waals surface area contributed by atoms with Crippen LogP contribution in [0.2, 0.25) is 0 Å². The summed E-state index contributed by atoms with van der Waals surface area (Å²) in [7, 11) is 0. The fraction of sp³-hybridized carbons (Fsp3) is 0.406. The topological polar surface area (TPSA) is 125 Å². The highest BCUT2D eigenvalue weighted by atomic mass is 35.5. The van der Waals surface area contributed by atoms with Gasteiger partial charge in [-0.3, -0.25) is 4.79 Å². The molecule has 0 bridgehead atoms. The van der Waals surface area contributed by atoms with E-state index in [1.54, 1.807) is 6.33 Å². The van der Waals surface area contributed by atoms with E-state index in [0.717, 1.165) is 83.5 Å². The minimum atomic E-state index is -0.391. The highest BCUT2D eigenvalue weighted by Gasteiger charge is 2.25. The summed E-state index contributed by atoms with van der Waals surface area (Å²) >= 11 is 0. The first kappa shape index (κ1) is 30.6. The van der Waals surface area contributed by atoms with Crippen LogP contribution >= 0.6 is 12.4 Å². The number of piperazine rings is 1. The number of carbonyl (C=O) groups is 1. The van der Waals surface area contributed by atoms with E-state index < -0.39 is 5.91 Å². The van der Waals surface area contributed by atoms with Gasteiger partial charge in [-0.05, 0) is 49.1 Å². The first-order chi connectivity index (χ1) is 20.2. The van der Waals surface area contributed by atoms with Gasteiger partial charge in [-0.2, -0.15) is 4.98 Å². The van der Waals surface area contributed by atoms with Crippen molar-refractivity contribution in [1.82, 2.24) is 40.6 Å². The van der Waals surface area contributed by atoms with E-state index >= 15 is 0 Å². The number of amides is 1. The Morgan fingerprint density at radius 2 is 1.91 bits per heavy atom. The van der Waals surface area contributed by atoms with Crippen molar-refractivity contribution < 1.29 is 9.32 Å². The minimum absolute atomic E-state index is 0. The summed E-state index contributed by atoms with van der Waals surface area (Å²) < 4.78 is 5.22. The van der Waals surface area contributed by atoms with Crippen LogP contribution in [-0.4, -0.2) is 68.6 Å². The Hall–Kier alpha value is -3.86. The number of aromatic amines is 1. The first-order valence-corrected chi connectivity index (χ1v) is 14.6. The third-order valence-corrected chi connectivity index (χ3v) is 8.03. The highest BCUT2D eigenvalue weighted by molar-refractivity contribution is 6.12. The van der Waals surface area contributed by atoms with Crippen LogP contribution in [0.25, 0.3) is 33.2 Å². The van der Waals surface area contributed by atoms with Gasteiger partial charge in [-0.25, -0.2) is 9.97 Å². The van der Waals surface area contributed by atoms with E-state index in [-0.39, 0.29) is 29.8 Å². The van der Waals surface area contributed by atoms with Gasteiger partial charge in [0, 0.05) is 54.6 Å². The lowest BCUT2D eigenvalue weighted by atomic mass is 9.96. The number of carbonyl (C=O) groups excluding carboxylic acids is 1. The number of nitrogens with one attached hydrogen (secondary N) is 3. The zero-order valence-electron chi connectivity index (χ0n) is 25.3. The molecule has 10 nitrogen and oxygen atoms in total. The Morgan fingerprint density at radius 3 is 2.63 bits per heavy atom. The Bertz CT molecular complexity index is 1750. The molecule has 11 heteroatoms. The van der Waals surface area contributed by atoms with Crippen LogP contribution in [0.3, 0.4) is 0 Å². The average Bonchev–Trinajstić information content (AvgIpc) is 3.62. The molecule has 0 radical (unpaired) electrons. The molecular formula is C32H39ClN8O2. The molecule has 1 fully saturated rings. The molecule has 0 aliphatic carbocycles. The quantitative estimate of drug-likeness (QED) is 0.234. The van der Waals surface area contributed by atoms with Gasteiger partial charge in [0.2, 0.25) is 0 Å². The molecular weight excluding hydrogens is 564 g/mol. The maximum atomic E-state index is 12.8.